The highest BCUT2D eigenvalue weighted by molar-refractivity contribution is 7.17. The molecule has 2 rings (SSSR count). The molecule has 2 aromatic rings. The van der Waals surface area contributed by atoms with Gasteiger partial charge in [0, 0.05) is 6.07 Å². The van der Waals surface area contributed by atoms with Gasteiger partial charge in [0.15, 0.2) is 16.7 Å². The third kappa shape index (κ3) is 2.48. The average Bonchev–Trinajstić information content (AvgIpc) is 2.67. The maximum atomic E-state index is 13.4. The number of anilines is 1. The average molecular weight is 255 g/mol. The molecule has 0 radical (unpaired) electrons. The number of hydrogen-bond donors (Lipinski definition) is 1. The van der Waals surface area contributed by atoms with Crippen molar-refractivity contribution in [1.82, 2.24) is 4.98 Å². The van der Waals surface area contributed by atoms with E-state index in [0.29, 0.717) is 10.2 Å². The van der Waals surface area contributed by atoms with Gasteiger partial charge in [-0.2, -0.15) is 0 Å². The Bertz CT molecular complexity index is 572. The van der Waals surface area contributed by atoms with E-state index in [0.717, 1.165) is 23.5 Å². The molecule has 0 aliphatic heterocycles. The fraction of sp³-hybridized carbons (Fsp3) is 0. The Labute approximate surface area is 98.6 Å². The number of nitrogens with zero attached hydrogens (tertiary/aromatic N) is 2. The molecule has 0 amide bonds. The fourth-order valence-corrected chi connectivity index (χ4v) is 1.66. The number of nitrogen functional groups attached to an aromatic ring is 1. The summed E-state index contributed by atoms with van der Waals surface area (Å²) >= 11 is 1.05. The molecule has 0 spiro atoms. The van der Waals surface area contributed by atoms with Gasteiger partial charge in [-0.05, 0) is 6.07 Å². The monoisotopic (exact) mass is 255 g/mol. The van der Waals surface area contributed by atoms with Crippen LogP contribution in [0.25, 0.3) is 0 Å². The number of halogens is 1. The van der Waals surface area contributed by atoms with E-state index in [1.165, 1.54) is 12.3 Å². The Kier molecular flexibility index (Phi) is 2.88. The van der Waals surface area contributed by atoms with Gasteiger partial charge < -0.3 is 10.5 Å². The molecule has 1 aromatic heterocycles. The van der Waals surface area contributed by atoms with Gasteiger partial charge in [-0.3, -0.25) is 10.1 Å². The van der Waals surface area contributed by atoms with Crippen LogP contribution in [0.1, 0.15) is 0 Å². The Balaban J connectivity index is 2.25. The molecule has 6 nitrogen and oxygen atoms in total. The van der Waals surface area contributed by atoms with E-state index in [1.54, 1.807) is 0 Å². The van der Waals surface area contributed by atoms with Crippen LogP contribution in [-0.4, -0.2) is 9.91 Å². The highest BCUT2D eigenvalue weighted by atomic mass is 32.1. The Morgan fingerprint density at radius 3 is 2.82 bits per heavy atom. The maximum Gasteiger partial charge on any atom is 0.272 e. The molecule has 17 heavy (non-hydrogen) atoms. The molecule has 0 fully saturated rings. The van der Waals surface area contributed by atoms with Crippen LogP contribution in [0.4, 0.5) is 15.2 Å². The smallest absolute Gasteiger partial charge is 0.272 e. The molecule has 0 bridgehead atoms. The second-order valence-electron chi connectivity index (χ2n) is 2.99. The number of non-ortho nitro benzene ring substituents is 1. The van der Waals surface area contributed by atoms with E-state index in [-0.39, 0.29) is 11.4 Å². The second-order valence-corrected chi connectivity index (χ2v) is 4.02. The number of nitro groups is 1. The van der Waals surface area contributed by atoms with Crippen molar-refractivity contribution in [3.05, 3.63) is 40.3 Å². The number of benzene rings is 1. The van der Waals surface area contributed by atoms with E-state index in [1.807, 2.05) is 0 Å². The van der Waals surface area contributed by atoms with Crippen molar-refractivity contribution in [3.63, 3.8) is 0 Å². The Morgan fingerprint density at radius 1 is 1.53 bits per heavy atom. The molecule has 0 unspecified atom stereocenters. The third-order valence-electron chi connectivity index (χ3n) is 1.84. The number of thiazole rings is 1. The predicted octanol–water partition coefficient (Wildman–Crippen LogP) is 2.56. The molecular formula is C9H6FN3O3S. The normalized spacial score (nSPS) is 10.2. The molecular weight excluding hydrogens is 249 g/mol. The van der Waals surface area contributed by atoms with Gasteiger partial charge in [0.2, 0.25) is 5.06 Å². The van der Waals surface area contributed by atoms with E-state index in [2.05, 4.69) is 4.98 Å². The summed E-state index contributed by atoms with van der Waals surface area (Å²) in [5.41, 5.74) is 5.04. The molecule has 88 valence electrons. The van der Waals surface area contributed by atoms with Gasteiger partial charge in [-0.1, -0.05) is 11.3 Å². The third-order valence-corrected chi connectivity index (χ3v) is 2.54. The molecule has 0 atom stereocenters. The minimum Gasteiger partial charge on any atom is -0.442 e. The van der Waals surface area contributed by atoms with Crippen LogP contribution in [0.2, 0.25) is 0 Å². The van der Waals surface area contributed by atoms with Crippen LogP contribution in [-0.2, 0) is 0 Å². The van der Waals surface area contributed by atoms with Crippen molar-refractivity contribution in [2.45, 2.75) is 0 Å². The molecule has 8 heteroatoms. The van der Waals surface area contributed by atoms with E-state index >= 15 is 0 Å². The summed E-state index contributed by atoms with van der Waals surface area (Å²) in [6.45, 7) is 0. The molecule has 0 aliphatic carbocycles. The minimum atomic E-state index is -0.814. The molecule has 0 aliphatic rings. The maximum absolute atomic E-state index is 13.4. The number of ether oxygens (including phenoxy) is 1. The lowest BCUT2D eigenvalue weighted by molar-refractivity contribution is -0.385. The van der Waals surface area contributed by atoms with E-state index in [9.17, 15) is 14.5 Å². The van der Waals surface area contributed by atoms with Gasteiger partial charge in [-0.25, -0.2) is 9.37 Å². The summed E-state index contributed by atoms with van der Waals surface area (Å²) in [6, 6.07) is 3.13. The highest BCUT2D eigenvalue weighted by Crippen LogP contribution is 2.31. The molecule has 1 aromatic carbocycles. The summed E-state index contributed by atoms with van der Waals surface area (Å²) < 4.78 is 18.6. The van der Waals surface area contributed by atoms with Gasteiger partial charge >= 0.3 is 0 Å². The number of hydrogen-bond acceptors (Lipinski definition) is 6. The highest BCUT2D eigenvalue weighted by Gasteiger charge is 2.13. The predicted molar refractivity (Wildman–Crippen MR) is 59.7 cm³/mol. The van der Waals surface area contributed by atoms with Gasteiger partial charge in [0.25, 0.3) is 5.69 Å². The largest absolute Gasteiger partial charge is 0.442 e. The summed E-state index contributed by atoms with van der Waals surface area (Å²) in [7, 11) is 0. The Hall–Kier alpha value is -2.22. The van der Waals surface area contributed by atoms with Crippen LogP contribution in [0.5, 0.6) is 10.8 Å². The van der Waals surface area contributed by atoms with Crippen molar-refractivity contribution >= 4 is 22.2 Å². The zero-order valence-electron chi connectivity index (χ0n) is 8.29. The van der Waals surface area contributed by atoms with Crippen molar-refractivity contribution in [2.24, 2.45) is 0 Å². The van der Waals surface area contributed by atoms with Crippen molar-refractivity contribution in [3.8, 4) is 10.8 Å². The lowest BCUT2D eigenvalue weighted by atomic mass is 10.3. The number of aromatic nitrogens is 1. The lowest BCUT2D eigenvalue weighted by Crippen LogP contribution is -1.91. The van der Waals surface area contributed by atoms with Crippen molar-refractivity contribution in [2.75, 3.05) is 5.73 Å². The van der Waals surface area contributed by atoms with Gasteiger partial charge in [0.1, 0.15) is 0 Å². The van der Waals surface area contributed by atoms with Crippen LogP contribution in [0, 0.1) is 15.9 Å². The number of rotatable bonds is 3. The zero-order valence-corrected chi connectivity index (χ0v) is 9.11. The summed E-state index contributed by atoms with van der Waals surface area (Å²) in [5, 5.41) is 11.0. The van der Waals surface area contributed by atoms with Gasteiger partial charge in [0.05, 0.1) is 17.2 Å². The molecule has 0 saturated carbocycles. The first kappa shape index (κ1) is 11.3. The number of nitrogens with two attached hydrogens (primary N) is 1. The van der Waals surface area contributed by atoms with E-state index < -0.39 is 10.7 Å². The SMILES string of the molecule is Nc1ncc(Oc2ccc([N+](=O)[O-])cc2F)s1. The van der Waals surface area contributed by atoms with Crippen LogP contribution < -0.4 is 10.5 Å². The van der Waals surface area contributed by atoms with Crippen molar-refractivity contribution < 1.29 is 14.1 Å². The fourth-order valence-electron chi connectivity index (χ4n) is 1.11. The minimum absolute atomic E-state index is 0.112. The Morgan fingerprint density at radius 2 is 2.29 bits per heavy atom. The van der Waals surface area contributed by atoms with Crippen LogP contribution in [0.15, 0.2) is 24.4 Å². The van der Waals surface area contributed by atoms with E-state index in [4.69, 9.17) is 10.5 Å². The zero-order chi connectivity index (χ0) is 12.4. The second kappa shape index (κ2) is 4.34. The number of nitro benzene ring substituents is 1. The van der Waals surface area contributed by atoms with Crippen molar-refractivity contribution in [1.29, 1.82) is 0 Å². The van der Waals surface area contributed by atoms with Crippen LogP contribution >= 0.6 is 11.3 Å². The topological polar surface area (TPSA) is 91.3 Å². The molecule has 1 heterocycles. The standard InChI is InChI=1S/C9H6FN3O3S/c10-6-3-5(13(14)15)1-2-7(6)16-8-4-12-9(11)17-8/h1-4H,(H2,11,12). The first-order chi connectivity index (χ1) is 8.06. The molecule has 0 saturated heterocycles. The van der Waals surface area contributed by atoms with Gasteiger partial charge in [-0.15, -0.1) is 0 Å². The quantitative estimate of drug-likeness (QED) is 0.672. The molecule has 2 N–H and O–H groups in total. The summed E-state index contributed by atoms with van der Waals surface area (Å²) in [5.74, 6) is -0.926. The summed E-state index contributed by atoms with van der Waals surface area (Å²) in [6.07, 6.45) is 1.35. The summed E-state index contributed by atoms with van der Waals surface area (Å²) in [4.78, 5) is 13.4. The first-order valence-corrected chi connectivity index (χ1v) is 5.21. The first-order valence-electron chi connectivity index (χ1n) is 4.39. The lowest BCUT2D eigenvalue weighted by Gasteiger charge is -2.02. The van der Waals surface area contributed by atoms with Crippen LogP contribution in [0.3, 0.4) is 0 Å².